The number of urea groups is 1. The fourth-order valence-corrected chi connectivity index (χ4v) is 7.39. The highest BCUT2D eigenvalue weighted by molar-refractivity contribution is 6.33. The molecule has 4 N–H and O–H groups in total. The van der Waals surface area contributed by atoms with Crippen LogP contribution in [0.5, 0.6) is 0 Å². The van der Waals surface area contributed by atoms with Crippen molar-refractivity contribution in [1.82, 2.24) is 39.7 Å². The molecule has 3 fully saturated rings. The van der Waals surface area contributed by atoms with Crippen molar-refractivity contribution < 1.29 is 9.59 Å². The number of H-pyrrole nitrogens is 1. The number of nitrogens with zero attached hydrogens (tertiary/aromatic N) is 6. The van der Waals surface area contributed by atoms with Gasteiger partial charge in [0, 0.05) is 70.4 Å². The van der Waals surface area contributed by atoms with E-state index in [0.29, 0.717) is 68.0 Å². The topological polar surface area (TPSA) is 136 Å². The summed E-state index contributed by atoms with van der Waals surface area (Å²) >= 11 is 6.41. The minimum atomic E-state index is -0.748. The van der Waals surface area contributed by atoms with Gasteiger partial charge in [0.05, 0.1) is 16.8 Å². The second-order valence-corrected chi connectivity index (χ2v) is 13.6. The lowest BCUT2D eigenvalue weighted by atomic mass is 9.98. The molecule has 1 atom stereocenters. The lowest BCUT2D eigenvalue weighted by molar-refractivity contribution is -0.135. The van der Waals surface area contributed by atoms with E-state index in [1.165, 1.54) is 4.68 Å². The number of hydrogen-bond donors (Lipinski definition) is 3. The quantitative estimate of drug-likeness (QED) is 0.331. The average molecular weight is 664 g/mol. The Kier molecular flexibility index (Phi) is 10.2. The number of amides is 3. The lowest BCUT2D eigenvalue weighted by Gasteiger charge is -2.42. The van der Waals surface area contributed by atoms with Gasteiger partial charge in [0.15, 0.2) is 5.82 Å². The summed E-state index contributed by atoms with van der Waals surface area (Å²) in [6, 6.07) is 12.6. The number of halogens is 1. The van der Waals surface area contributed by atoms with Crippen LogP contribution in [0.4, 0.5) is 10.5 Å². The summed E-state index contributed by atoms with van der Waals surface area (Å²) in [4.78, 5) is 51.9. The number of piperazine rings is 1. The Labute approximate surface area is 280 Å². The molecular formula is C34H46ClN9O3. The molecule has 1 aromatic heterocycles. The van der Waals surface area contributed by atoms with Crippen LogP contribution in [0.1, 0.15) is 42.9 Å². The van der Waals surface area contributed by atoms with E-state index in [1.807, 2.05) is 48.2 Å². The summed E-state index contributed by atoms with van der Waals surface area (Å²) in [6.45, 7) is 8.37. The van der Waals surface area contributed by atoms with Crippen LogP contribution >= 0.6 is 11.6 Å². The maximum Gasteiger partial charge on any atom is 0.343 e. The van der Waals surface area contributed by atoms with Crippen LogP contribution in [-0.2, 0) is 11.2 Å². The fourth-order valence-electron chi connectivity index (χ4n) is 7.10. The van der Waals surface area contributed by atoms with Crippen LogP contribution in [0.3, 0.4) is 0 Å². The van der Waals surface area contributed by atoms with Gasteiger partial charge < -0.3 is 25.8 Å². The molecule has 0 bridgehead atoms. The van der Waals surface area contributed by atoms with Gasteiger partial charge in [-0.1, -0.05) is 48.0 Å². The zero-order chi connectivity index (χ0) is 33.1. The first-order valence-electron chi connectivity index (χ1n) is 16.7. The monoisotopic (exact) mass is 663 g/mol. The minimum Gasteiger partial charge on any atom is -0.397 e. The Morgan fingerprint density at radius 3 is 2.26 bits per heavy atom. The van der Waals surface area contributed by atoms with Gasteiger partial charge in [0.2, 0.25) is 5.91 Å². The average Bonchev–Trinajstić information content (AvgIpc) is 3.48. The number of aromatic amines is 1. The van der Waals surface area contributed by atoms with Crippen molar-refractivity contribution in [2.24, 2.45) is 0 Å². The number of carbonyl (C=O) groups excluding carboxylic acids is 2. The second kappa shape index (κ2) is 14.5. The zero-order valence-corrected chi connectivity index (χ0v) is 28.1. The summed E-state index contributed by atoms with van der Waals surface area (Å²) in [6.07, 6.45) is 3.32. The van der Waals surface area contributed by atoms with Crippen LogP contribution in [0, 0.1) is 6.92 Å². The molecule has 47 heavy (non-hydrogen) atoms. The molecule has 12 nitrogen and oxygen atoms in total. The number of anilines is 1. The van der Waals surface area contributed by atoms with E-state index in [9.17, 15) is 14.4 Å². The lowest BCUT2D eigenvalue weighted by Crippen LogP contribution is -2.57. The van der Waals surface area contributed by atoms with Crippen LogP contribution in [-0.4, -0.2) is 118 Å². The maximum atomic E-state index is 14.0. The Bertz CT molecular complexity index is 1580. The summed E-state index contributed by atoms with van der Waals surface area (Å²) in [5.74, 6) is 0.454. The third-order valence-corrected chi connectivity index (χ3v) is 10.4. The van der Waals surface area contributed by atoms with E-state index < -0.39 is 6.04 Å². The number of piperidine rings is 2. The van der Waals surface area contributed by atoms with E-state index in [4.69, 9.17) is 17.3 Å². The fraction of sp³-hybridized carbons (Fsp3) is 0.529. The first kappa shape index (κ1) is 33.0. The van der Waals surface area contributed by atoms with Crippen molar-refractivity contribution in [3.05, 3.63) is 69.1 Å². The predicted molar refractivity (Wildman–Crippen MR) is 183 cm³/mol. The molecule has 6 rings (SSSR count). The van der Waals surface area contributed by atoms with Crippen molar-refractivity contribution in [3.8, 4) is 11.4 Å². The van der Waals surface area contributed by atoms with E-state index in [-0.39, 0.29) is 23.7 Å². The number of rotatable bonds is 7. The molecule has 3 aromatic rings. The number of likely N-dealkylation sites (tertiary alicyclic amines) is 2. The summed E-state index contributed by atoms with van der Waals surface area (Å²) in [7, 11) is 2.16. The van der Waals surface area contributed by atoms with Gasteiger partial charge in [0.25, 0.3) is 0 Å². The number of carbonyl (C=O) groups is 2. The van der Waals surface area contributed by atoms with Gasteiger partial charge in [-0.15, -0.1) is 5.10 Å². The Morgan fingerprint density at radius 2 is 1.60 bits per heavy atom. The first-order chi connectivity index (χ1) is 22.7. The Hall–Kier alpha value is -3.87. The standard InChI is InChI=1S/C34H46ClN9O3/c1-23-20-24(21-28(35)30(23)36)22-29(32(45)42-12-8-26(9-13-42)41-18-16-40(2)17-19-41)37-33(46)43-14-10-27(11-15-43)44-34(47)38-31(39-44)25-6-4-3-5-7-25/h3-7,20-21,26-27,29H,8-19,22,36H2,1-2H3,(H,37,46)(H,38,39,47)/t29-/m1/s1. The molecule has 3 aliphatic heterocycles. The third kappa shape index (κ3) is 7.66. The molecule has 0 aliphatic carbocycles. The van der Waals surface area contributed by atoms with E-state index in [0.717, 1.165) is 55.7 Å². The van der Waals surface area contributed by atoms with Gasteiger partial charge in [-0.25, -0.2) is 14.3 Å². The van der Waals surface area contributed by atoms with Crippen molar-refractivity contribution in [2.45, 2.75) is 57.2 Å². The van der Waals surface area contributed by atoms with Crippen LogP contribution in [0.25, 0.3) is 11.4 Å². The van der Waals surface area contributed by atoms with Crippen LogP contribution in [0.2, 0.25) is 5.02 Å². The molecule has 2 aromatic carbocycles. The van der Waals surface area contributed by atoms with Crippen molar-refractivity contribution in [1.29, 1.82) is 0 Å². The van der Waals surface area contributed by atoms with Gasteiger partial charge in [-0.3, -0.25) is 14.7 Å². The molecule has 3 amide bonds. The highest BCUT2D eigenvalue weighted by atomic mass is 35.5. The van der Waals surface area contributed by atoms with Crippen LogP contribution in [0.15, 0.2) is 47.3 Å². The molecule has 13 heteroatoms. The number of nitrogens with one attached hydrogen (secondary N) is 2. The number of aryl methyl sites for hydroxylation is 1. The van der Waals surface area contributed by atoms with E-state index >= 15 is 0 Å². The highest BCUT2D eigenvalue weighted by Crippen LogP contribution is 2.27. The van der Waals surface area contributed by atoms with Gasteiger partial charge in [-0.05, 0) is 56.8 Å². The number of nitrogen functional groups attached to an aromatic ring is 1. The Morgan fingerprint density at radius 1 is 0.957 bits per heavy atom. The largest absolute Gasteiger partial charge is 0.397 e. The molecular weight excluding hydrogens is 618 g/mol. The number of hydrogen-bond acceptors (Lipinski definition) is 7. The van der Waals surface area contributed by atoms with Gasteiger partial charge >= 0.3 is 11.7 Å². The molecule has 0 unspecified atom stereocenters. The molecule has 0 radical (unpaired) electrons. The predicted octanol–water partition coefficient (Wildman–Crippen LogP) is 2.98. The normalized spacial score (nSPS) is 19.6. The zero-order valence-electron chi connectivity index (χ0n) is 27.3. The minimum absolute atomic E-state index is 0.0767. The first-order valence-corrected chi connectivity index (χ1v) is 17.1. The molecule has 3 aliphatic rings. The molecule has 0 spiro atoms. The van der Waals surface area contributed by atoms with Crippen molar-refractivity contribution in [3.63, 3.8) is 0 Å². The van der Waals surface area contributed by atoms with E-state index in [1.54, 1.807) is 11.0 Å². The number of nitrogens with two attached hydrogens (primary N) is 1. The number of likely N-dealkylation sites (N-methyl/N-ethyl adjacent to an activating group) is 1. The highest BCUT2D eigenvalue weighted by Gasteiger charge is 2.34. The smallest absolute Gasteiger partial charge is 0.343 e. The number of aromatic nitrogens is 3. The van der Waals surface area contributed by atoms with Gasteiger partial charge in [-0.2, -0.15) is 0 Å². The second-order valence-electron chi connectivity index (χ2n) is 13.2. The number of benzene rings is 2. The van der Waals surface area contributed by atoms with Gasteiger partial charge in [0.1, 0.15) is 6.04 Å². The summed E-state index contributed by atoms with van der Waals surface area (Å²) in [5, 5.41) is 8.07. The summed E-state index contributed by atoms with van der Waals surface area (Å²) < 4.78 is 1.50. The van der Waals surface area contributed by atoms with Crippen LogP contribution < -0.4 is 16.7 Å². The molecule has 252 valence electrons. The molecule has 0 saturated carbocycles. The SMILES string of the molecule is Cc1cc(C[C@@H](NC(=O)N2CCC(n3nc(-c4ccccc4)[nH]c3=O)CC2)C(=O)N2CCC(N3CCN(C)CC3)CC2)cc(Cl)c1N. The molecule has 3 saturated heterocycles. The van der Waals surface area contributed by atoms with Crippen molar-refractivity contribution >= 4 is 29.2 Å². The van der Waals surface area contributed by atoms with E-state index in [2.05, 4.69) is 32.2 Å². The molecule has 4 heterocycles. The maximum absolute atomic E-state index is 14.0. The third-order valence-electron chi connectivity index (χ3n) is 10.0. The summed E-state index contributed by atoms with van der Waals surface area (Å²) in [5.41, 5.74) is 8.88. The Balaban J connectivity index is 1.10. The van der Waals surface area contributed by atoms with Crippen molar-refractivity contribution in [2.75, 3.05) is 65.1 Å².